The summed E-state index contributed by atoms with van der Waals surface area (Å²) >= 11 is 3.09. The Morgan fingerprint density at radius 2 is 2.06 bits per heavy atom. The highest BCUT2D eigenvalue weighted by Gasteiger charge is 2.33. The number of nitrogens with zero attached hydrogens (tertiary/aromatic N) is 1. The molecule has 1 N–H and O–H groups in total. The molecule has 0 unspecified atom stereocenters. The van der Waals surface area contributed by atoms with Gasteiger partial charge in [0.15, 0.2) is 4.08 Å². The number of aromatic amines is 1. The van der Waals surface area contributed by atoms with Gasteiger partial charge in [-0.05, 0) is 18.6 Å². The summed E-state index contributed by atoms with van der Waals surface area (Å²) < 4.78 is 4.75. The molecule has 0 saturated carbocycles. The number of nitriles is 1. The summed E-state index contributed by atoms with van der Waals surface area (Å²) in [5.41, 5.74) is 1.94. The van der Waals surface area contributed by atoms with Gasteiger partial charge < -0.3 is 9.72 Å². The predicted molar refractivity (Wildman–Crippen MR) is 79.2 cm³/mol. The molecule has 94 valence electrons. The molecule has 18 heavy (non-hydrogen) atoms. The Hall–Kier alpha value is -1.25. The van der Waals surface area contributed by atoms with Gasteiger partial charge in [-0.15, -0.1) is 23.5 Å². The first kappa shape index (κ1) is 13.2. The third-order valence-electron chi connectivity index (χ3n) is 2.97. The van der Waals surface area contributed by atoms with Gasteiger partial charge in [-0.2, -0.15) is 5.26 Å². The zero-order chi connectivity index (χ0) is 13.2. The first-order valence-corrected chi connectivity index (χ1v) is 7.83. The van der Waals surface area contributed by atoms with Crippen molar-refractivity contribution >= 4 is 34.4 Å². The Bertz CT molecular complexity index is 597. The Morgan fingerprint density at radius 3 is 2.61 bits per heavy atom. The second kappa shape index (κ2) is 5.17. The molecule has 0 aliphatic rings. The van der Waals surface area contributed by atoms with E-state index < -0.39 is 4.08 Å². The maximum Gasteiger partial charge on any atom is 0.175 e. The van der Waals surface area contributed by atoms with E-state index >= 15 is 0 Å². The minimum atomic E-state index is -0.579. The van der Waals surface area contributed by atoms with Crippen LogP contribution in [0.2, 0.25) is 0 Å². The van der Waals surface area contributed by atoms with Crippen LogP contribution in [0, 0.1) is 11.3 Å². The number of methoxy groups -OCH3 is 1. The van der Waals surface area contributed by atoms with Crippen LogP contribution in [0.4, 0.5) is 0 Å². The second-order valence-electron chi connectivity index (χ2n) is 3.72. The van der Waals surface area contributed by atoms with Crippen LogP contribution < -0.4 is 4.74 Å². The van der Waals surface area contributed by atoms with Crippen LogP contribution in [-0.2, 0) is 4.08 Å². The summed E-state index contributed by atoms with van der Waals surface area (Å²) in [5.74, 6) is 0.799. The van der Waals surface area contributed by atoms with Gasteiger partial charge in [-0.25, -0.2) is 0 Å². The van der Waals surface area contributed by atoms with Gasteiger partial charge >= 0.3 is 0 Å². The molecule has 1 aromatic carbocycles. The molecule has 3 nitrogen and oxygen atoms in total. The molecule has 1 heterocycles. The van der Waals surface area contributed by atoms with Gasteiger partial charge in [-0.3, -0.25) is 0 Å². The van der Waals surface area contributed by atoms with Crippen molar-refractivity contribution in [2.75, 3.05) is 19.6 Å². The van der Waals surface area contributed by atoms with E-state index in [9.17, 15) is 5.26 Å². The van der Waals surface area contributed by atoms with Gasteiger partial charge in [-0.1, -0.05) is 12.1 Å². The summed E-state index contributed by atoms with van der Waals surface area (Å²) in [4.78, 5) is 3.21. The molecule has 2 aromatic rings. The Kier molecular flexibility index (Phi) is 3.79. The normalized spacial score (nSPS) is 11.4. The number of thioether (sulfide) groups is 2. The van der Waals surface area contributed by atoms with Crippen LogP contribution in [0.3, 0.4) is 0 Å². The molecule has 2 rings (SSSR count). The van der Waals surface area contributed by atoms with E-state index in [1.807, 2.05) is 36.9 Å². The third-order valence-corrected chi connectivity index (χ3v) is 5.75. The number of H-pyrrole nitrogens is 1. The van der Waals surface area contributed by atoms with Gasteiger partial charge in [0.25, 0.3) is 0 Å². The summed E-state index contributed by atoms with van der Waals surface area (Å²) in [5, 5.41) is 10.5. The SMILES string of the molecule is COc1cccc2c(C(C#N)(SC)SC)c[nH]c12. The molecular weight excluding hydrogens is 264 g/mol. The van der Waals surface area contributed by atoms with E-state index in [1.54, 1.807) is 30.6 Å². The summed E-state index contributed by atoms with van der Waals surface area (Å²) in [6.07, 6.45) is 5.82. The number of benzene rings is 1. The molecule has 0 aliphatic carbocycles. The van der Waals surface area contributed by atoms with Gasteiger partial charge in [0.2, 0.25) is 0 Å². The van der Waals surface area contributed by atoms with E-state index in [-0.39, 0.29) is 0 Å². The monoisotopic (exact) mass is 278 g/mol. The van der Waals surface area contributed by atoms with E-state index in [1.165, 1.54) is 0 Å². The van der Waals surface area contributed by atoms with Crippen molar-refractivity contribution in [1.82, 2.24) is 4.98 Å². The Morgan fingerprint density at radius 1 is 1.33 bits per heavy atom. The zero-order valence-corrected chi connectivity index (χ0v) is 12.1. The summed E-state index contributed by atoms with van der Waals surface area (Å²) in [6.45, 7) is 0. The number of nitrogens with one attached hydrogen (secondary N) is 1. The van der Waals surface area contributed by atoms with Gasteiger partial charge in [0.05, 0.1) is 18.7 Å². The van der Waals surface area contributed by atoms with Crippen molar-refractivity contribution in [3.05, 3.63) is 30.0 Å². The molecule has 1 aromatic heterocycles. The van der Waals surface area contributed by atoms with Gasteiger partial charge in [0, 0.05) is 17.1 Å². The lowest BCUT2D eigenvalue weighted by Gasteiger charge is -2.21. The van der Waals surface area contributed by atoms with Crippen molar-refractivity contribution in [2.45, 2.75) is 4.08 Å². The summed E-state index contributed by atoms with van der Waals surface area (Å²) in [6, 6.07) is 8.29. The number of para-hydroxylation sites is 1. The van der Waals surface area contributed by atoms with Crippen LogP contribution in [-0.4, -0.2) is 24.6 Å². The number of ether oxygens (including phenoxy) is 1. The van der Waals surface area contributed by atoms with Crippen LogP contribution in [0.15, 0.2) is 24.4 Å². The fraction of sp³-hybridized carbons (Fsp3) is 0.308. The van der Waals surface area contributed by atoms with E-state index in [2.05, 4.69) is 11.1 Å². The maximum atomic E-state index is 9.50. The molecule has 0 atom stereocenters. The van der Waals surface area contributed by atoms with Crippen molar-refractivity contribution in [1.29, 1.82) is 5.26 Å². The molecule has 5 heteroatoms. The second-order valence-corrected chi connectivity index (χ2v) is 6.02. The summed E-state index contributed by atoms with van der Waals surface area (Å²) in [7, 11) is 1.65. The smallest absolute Gasteiger partial charge is 0.175 e. The number of aromatic nitrogens is 1. The van der Waals surface area contributed by atoms with Crippen molar-refractivity contribution in [3.63, 3.8) is 0 Å². The quantitative estimate of drug-likeness (QED) is 0.868. The maximum absolute atomic E-state index is 9.50. The van der Waals surface area contributed by atoms with Crippen LogP contribution in [0.25, 0.3) is 10.9 Å². The van der Waals surface area contributed by atoms with E-state index in [0.717, 1.165) is 22.2 Å². The molecule has 0 bridgehead atoms. The standard InChI is InChI=1S/C13H14N2OS2/c1-16-11-6-4-5-9-10(7-15-12(9)11)13(8-14,17-2)18-3/h4-7,15H,1-3H3. The lowest BCUT2D eigenvalue weighted by molar-refractivity contribution is 0.419. The minimum Gasteiger partial charge on any atom is -0.495 e. The molecule has 0 spiro atoms. The highest BCUT2D eigenvalue weighted by Crippen LogP contribution is 2.46. The largest absolute Gasteiger partial charge is 0.495 e. The number of rotatable bonds is 4. The average molecular weight is 278 g/mol. The van der Waals surface area contributed by atoms with Crippen molar-refractivity contribution in [2.24, 2.45) is 0 Å². The van der Waals surface area contributed by atoms with Crippen LogP contribution >= 0.6 is 23.5 Å². The van der Waals surface area contributed by atoms with Crippen molar-refractivity contribution < 1.29 is 4.74 Å². The lowest BCUT2D eigenvalue weighted by Crippen LogP contribution is -2.13. The van der Waals surface area contributed by atoms with Crippen LogP contribution in [0.5, 0.6) is 5.75 Å². The average Bonchev–Trinajstić information content (AvgIpc) is 2.86. The molecule has 0 amide bonds. The third kappa shape index (κ3) is 1.86. The first-order valence-electron chi connectivity index (χ1n) is 5.38. The molecule has 0 saturated heterocycles. The lowest BCUT2D eigenvalue weighted by atomic mass is 10.1. The van der Waals surface area contributed by atoms with Crippen molar-refractivity contribution in [3.8, 4) is 11.8 Å². The fourth-order valence-corrected chi connectivity index (χ4v) is 3.65. The van der Waals surface area contributed by atoms with Crippen LogP contribution in [0.1, 0.15) is 5.56 Å². The molecule has 0 aliphatic heterocycles. The van der Waals surface area contributed by atoms with E-state index in [4.69, 9.17) is 4.74 Å². The minimum absolute atomic E-state index is 0.579. The molecule has 0 radical (unpaired) electrons. The highest BCUT2D eigenvalue weighted by molar-refractivity contribution is 8.17. The van der Waals surface area contributed by atoms with E-state index in [0.29, 0.717) is 0 Å². The Labute approximate surface area is 115 Å². The number of hydrogen-bond acceptors (Lipinski definition) is 4. The highest BCUT2D eigenvalue weighted by atomic mass is 32.2. The first-order chi connectivity index (χ1) is 8.72. The zero-order valence-electron chi connectivity index (χ0n) is 10.5. The Balaban J connectivity index is 2.70. The topological polar surface area (TPSA) is 48.8 Å². The number of hydrogen-bond donors (Lipinski definition) is 1. The fourth-order valence-electron chi connectivity index (χ4n) is 2.02. The predicted octanol–water partition coefficient (Wildman–Crippen LogP) is 3.58. The van der Waals surface area contributed by atoms with Gasteiger partial charge in [0.1, 0.15) is 5.75 Å². The molecule has 0 fully saturated rings. The molecular formula is C13H14N2OS2. The number of fused-ring (bicyclic) bond motifs is 1.